The van der Waals surface area contributed by atoms with E-state index in [1.807, 2.05) is 6.20 Å². The fourth-order valence-electron chi connectivity index (χ4n) is 1.17. The molecule has 0 spiro atoms. The summed E-state index contributed by atoms with van der Waals surface area (Å²) in [5.74, 6) is 2.47. The van der Waals surface area contributed by atoms with Crippen LogP contribution in [0.4, 0.5) is 0 Å². The SMILES string of the molecule is CCc1ncc(C2CNC2)o1. The largest absolute Gasteiger partial charge is 0.445 e. The molecule has 1 aromatic heterocycles. The van der Waals surface area contributed by atoms with Crippen molar-refractivity contribution >= 4 is 0 Å². The normalized spacial score (nSPS) is 18.3. The number of hydrogen-bond donors (Lipinski definition) is 1. The molecule has 1 N–H and O–H groups in total. The summed E-state index contributed by atoms with van der Waals surface area (Å²) in [4.78, 5) is 4.14. The van der Waals surface area contributed by atoms with Crippen molar-refractivity contribution in [2.45, 2.75) is 19.3 Å². The summed E-state index contributed by atoms with van der Waals surface area (Å²) < 4.78 is 5.49. The van der Waals surface area contributed by atoms with Crippen LogP contribution < -0.4 is 5.32 Å². The van der Waals surface area contributed by atoms with Crippen LogP contribution >= 0.6 is 0 Å². The molecule has 60 valence electrons. The molecule has 2 rings (SSSR count). The number of rotatable bonds is 2. The van der Waals surface area contributed by atoms with Crippen molar-refractivity contribution in [2.24, 2.45) is 0 Å². The highest BCUT2D eigenvalue weighted by atomic mass is 16.4. The highest BCUT2D eigenvalue weighted by Crippen LogP contribution is 2.20. The molecule has 3 heteroatoms. The number of nitrogens with zero attached hydrogens (tertiary/aromatic N) is 1. The molecule has 0 saturated carbocycles. The highest BCUT2D eigenvalue weighted by molar-refractivity contribution is 5.07. The molecule has 0 atom stereocenters. The van der Waals surface area contributed by atoms with E-state index in [1.165, 1.54) is 0 Å². The summed E-state index contributed by atoms with van der Waals surface area (Å²) in [6.45, 7) is 4.13. The minimum absolute atomic E-state index is 0.572. The van der Waals surface area contributed by atoms with Crippen molar-refractivity contribution in [2.75, 3.05) is 13.1 Å². The van der Waals surface area contributed by atoms with Gasteiger partial charge in [0.25, 0.3) is 0 Å². The molecule has 0 aliphatic carbocycles. The number of aromatic nitrogens is 1. The molecular weight excluding hydrogens is 140 g/mol. The quantitative estimate of drug-likeness (QED) is 0.685. The van der Waals surface area contributed by atoms with Crippen molar-refractivity contribution in [3.63, 3.8) is 0 Å². The average Bonchev–Trinajstić information content (AvgIpc) is 2.32. The standard InChI is InChI=1S/C8H12N2O/c1-2-8-10-5-7(11-8)6-3-9-4-6/h5-6,9H,2-4H2,1H3. The van der Waals surface area contributed by atoms with E-state index in [9.17, 15) is 0 Å². The number of oxazole rings is 1. The van der Waals surface area contributed by atoms with Gasteiger partial charge in [0, 0.05) is 25.4 Å². The Hall–Kier alpha value is -0.830. The Morgan fingerprint density at radius 2 is 2.55 bits per heavy atom. The van der Waals surface area contributed by atoms with Gasteiger partial charge in [0.15, 0.2) is 5.89 Å². The van der Waals surface area contributed by atoms with E-state index >= 15 is 0 Å². The molecule has 0 bridgehead atoms. The molecule has 1 fully saturated rings. The number of nitrogens with one attached hydrogen (secondary N) is 1. The van der Waals surface area contributed by atoms with Crippen LogP contribution in [0, 0.1) is 0 Å². The van der Waals surface area contributed by atoms with E-state index in [0.29, 0.717) is 5.92 Å². The summed E-state index contributed by atoms with van der Waals surface area (Å²) in [5, 5.41) is 3.20. The van der Waals surface area contributed by atoms with Crippen molar-refractivity contribution in [3.05, 3.63) is 17.8 Å². The van der Waals surface area contributed by atoms with Crippen LogP contribution in [0.3, 0.4) is 0 Å². The predicted molar refractivity (Wildman–Crippen MR) is 41.5 cm³/mol. The van der Waals surface area contributed by atoms with Gasteiger partial charge in [-0.25, -0.2) is 4.98 Å². The maximum absolute atomic E-state index is 5.49. The minimum atomic E-state index is 0.572. The van der Waals surface area contributed by atoms with Gasteiger partial charge in [0.1, 0.15) is 5.76 Å². The van der Waals surface area contributed by atoms with Gasteiger partial charge in [-0.15, -0.1) is 0 Å². The first-order valence-electron chi connectivity index (χ1n) is 4.05. The van der Waals surface area contributed by atoms with Crippen LogP contribution in [0.15, 0.2) is 10.6 Å². The second kappa shape index (κ2) is 2.66. The Morgan fingerprint density at radius 3 is 3.00 bits per heavy atom. The molecule has 3 nitrogen and oxygen atoms in total. The Balaban J connectivity index is 2.11. The molecule has 1 aliphatic rings. The molecule has 0 amide bonds. The third kappa shape index (κ3) is 1.16. The van der Waals surface area contributed by atoms with Gasteiger partial charge in [-0.3, -0.25) is 0 Å². The van der Waals surface area contributed by atoms with Gasteiger partial charge in [-0.2, -0.15) is 0 Å². The lowest BCUT2D eigenvalue weighted by Gasteiger charge is -2.24. The summed E-state index contributed by atoms with van der Waals surface area (Å²) >= 11 is 0. The van der Waals surface area contributed by atoms with E-state index in [4.69, 9.17) is 4.42 Å². The minimum Gasteiger partial charge on any atom is -0.445 e. The maximum Gasteiger partial charge on any atom is 0.194 e. The second-order valence-corrected chi connectivity index (χ2v) is 2.87. The summed E-state index contributed by atoms with van der Waals surface area (Å²) in [7, 11) is 0. The molecule has 0 radical (unpaired) electrons. The monoisotopic (exact) mass is 152 g/mol. The lowest BCUT2D eigenvalue weighted by molar-refractivity contribution is 0.355. The van der Waals surface area contributed by atoms with Gasteiger partial charge in [0.2, 0.25) is 0 Å². The molecule has 2 heterocycles. The summed E-state index contributed by atoms with van der Waals surface area (Å²) in [5.41, 5.74) is 0. The van der Waals surface area contributed by atoms with Crippen molar-refractivity contribution in [1.82, 2.24) is 10.3 Å². The molecule has 0 unspecified atom stereocenters. The molecular formula is C8H12N2O. The van der Waals surface area contributed by atoms with Gasteiger partial charge >= 0.3 is 0 Å². The zero-order valence-corrected chi connectivity index (χ0v) is 6.63. The Kier molecular flexibility index (Phi) is 1.66. The van der Waals surface area contributed by atoms with Gasteiger partial charge in [-0.05, 0) is 0 Å². The first-order chi connectivity index (χ1) is 5.40. The molecule has 11 heavy (non-hydrogen) atoms. The van der Waals surface area contributed by atoms with E-state index in [1.54, 1.807) is 0 Å². The Bertz CT molecular complexity index is 240. The van der Waals surface area contributed by atoms with Gasteiger partial charge in [-0.1, -0.05) is 6.92 Å². The Labute approximate surface area is 65.8 Å². The van der Waals surface area contributed by atoms with E-state index in [2.05, 4.69) is 17.2 Å². The third-order valence-electron chi connectivity index (χ3n) is 2.06. The summed E-state index contributed by atoms with van der Waals surface area (Å²) in [6.07, 6.45) is 2.74. The zero-order chi connectivity index (χ0) is 7.68. The van der Waals surface area contributed by atoms with Crippen LogP contribution in [-0.4, -0.2) is 18.1 Å². The van der Waals surface area contributed by atoms with Crippen LogP contribution in [0.5, 0.6) is 0 Å². The first kappa shape index (κ1) is 6.85. The van der Waals surface area contributed by atoms with Gasteiger partial charge in [0.05, 0.1) is 6.20 Å². The van der Waals surface area contributed by atoms with Crippen LogP contribution in [0.2, 0.25) is 0 Å². The zero-order valence-electron chi connectivity index (χ0n) is 6.63. The molecule has 1 saturated heterocycles. The fraction of sp³-hybridized carbons (Fsp3) is 0.625. The van der Waals surface area contributed by atoms with E-state index < -0.39 is 0 Å². The van der Waals surface area contributed by atoms with E-state index in [0.717, 1.165) is 31.2 Å². The lowest BCUT2D eigenvalue weighted by atomic mass is 10.0. The molecule has 1 aromatic rings. The highest BCUT2D eigenvalue weighted by Gasteiger charge is 2.22. The molecule has 1 aliphatic heterocycles. The maximum atomic E-state index is 5.49. The predicted octanol–water partition coefficient (Wildman–Crippen LogP) is 0.924. The number of hydrogen-bond acceptors (Lipinski definition) is 3. The second-order valence-electron chi connectivity index (χ2n) is 2.87. The van der Waals surface area contributed by atoms with Crippen LogP contribution in [-0.2, 0) is 6.42 Å². The summed E-state index contributed by atoms with van der Waals surface area (Å²) in [6, 6.07) is 0. The fourth-order valence-corrected chi connectivity index (χ4v) is 1.17. The van der Waals surface area contributed by atoms with Gasteiger partial charge < -0.3 is 9.73 Å². The van der Waals surface area contributed by atoms with E-state index in [-0.39, 0.29) is 0 Å². The topological polar surface area (TPSA) is 38.1 Å². The van der Waals surface area contributed by atoms with Crippen molar-refractivity contribution in [3.8, 4) is 0 Å². The van der Waals surface area contributed by atoms with Crippen molar-refractivity contribution < 1.29 is 4.42 Å². The Morgan fingerprint density at radius 1 is 1.73 bits per heavy atom. The smallest absolute Gasteiger partial charge is 0.194 e. The van der Waals surface area contributed by atoms with Crippen LogP contribution in [0.1, 0.15) is 24.5 Å². The van der Waals surface area contributed by atoms with Crippen molar-refractivity contribution in [1.29, 1.82) is 0 Å². The third-order valence-corrected chi connectivity index (χ3v) is 2.06. The number of aryl methyl sites for hydroxylation is 1. The average molecular weight is 152 g/mol. The lowest BCUT2D eigenvalue weighted by Crippen LogP contribution is -2.39. The van der Waals surface area contributed by atoms with Crippen LogP contribution in [0.25, 0.3) is 0 Å². The molecule has 0 aromatic carbocycles. The first-order valence-corrected chi connectivity index (χ1v) is 4.05.